The van der Waals surface area contributed by atoms with E-state index in [4.69, 9.17) is 27.9 Å². The Kier molecular flexibility index (Phi) is 6.81. The summed E-state index contributed by atoms with van der Waals surface area (Å²) in [6, 6.07) is 4.29. The van der Waals surface area contributed by atoms with E-state index in [0.717, 1.165) is 17.7 Å². The summed E-state index contributed by atoms with van der Waals surface area (Å²) in [5.41, 5.74) is -1.08. The van der Waals surface area contributed by atoms with Crippen LogP contribution in [-0.4, -0.2) is 59.5 Å². The van der Waals surface area contributed by atoms with E-state index in [-0.39, 0.29) is 33.2 Å². The molecule has 2 aromatic heterocycles. The number of anilines is 1. The number of para-hydroxylation sites is 1. The lowest BCUT2D eigenvalue weighted by Crippen LogP contribution is -2.39. The van der Waals surface area contributed by atoms with Crippen LogP contribution in [-0.2, 0) is 19.6 Å². The average Bonchev–Trinajstić information content (AvgIpc) is 3.19. The fourth-order valence-electron chi connectivity index (χ4n) is 2.66. The topological polar surface area (TPSA) is 133 Å². The van der Waals surface area contributed by atoms with Gasteiger partial charge >= 0.3 is 22.0 Å². The number of methoxy groups -OCH3 is 1. The zero-order valence-corrected chi connectivity index (χ0v) is 18.8. The summed E-state index contributed by atoms with van der Waals surface area (Å²) in [7, 11) is -3.84. The molecule has 11 nitrogen and oxygen atoms in total. The maximum Gasteiger partial charge on any atom is 0.340 e. The van der Waals surface area contributed by atoms with Crippen molar-refractivity contribution in [2.45, 2.75) is 12.1 Å². The van der Waals surface area contributed by atoms with Crippen molar-refractivity contribution in [3.63, 3.8) is 0 Å². The van der Waals surface area contributed by atoms with Gasteiger partial charge in [-0.2, -0.15) is 31.6 Å². The Hall–Kier alpha value is -3.03. The highest BCUT2D eigenvalue weighted by molar-refractivity contribution is 7.93. The van der Waals surface area contributed by atoms with Gasteiger partial charge in [-0.05, 0) is 19.1 Å². The van der Waals surface area contributed by atoms with Gasteiger partial charge in [0.05, 0.1) is 30.0 Å². The van der Waals surface area contributed by atoms with Gasteiger partial charge in [0.2, 0.25) is 5.95 Å². The molecule has 0 spiro atoms. The Bertz CT molecular complexity index is 1320. The quantitative estimate of drug-likeness (QED) is 0.268. The molecule has 15 heteroatoms. The van der Waals surface area contributed by atoms with E-state index in [1.165, 1.54) is 18.2 Å². The first kappa shape index (κ1) is 23.6. The number of ether oxygens (including phenoxy) is 2. The highest BCUT2D eigenvalue weighted by Gasteiger charge is 2.38. The molecule has 0 aliphatic carbocycles. The third kappa shape index (κ3) is 4.18. The molecule has 32 heavy (non-hydrogen) atoms. The second-order valence-electron chi connectivity index (χ2n) is 5.88. The van der Waals surface area contributed by atoms with E-state index in [1.807, 2.05) is 0 Å². The third-order valence-corrected chi connectivity index (χ3v) is 5.96. The Labute approximate surface area is 190 Å². The van der Waals surface area contributed by atoms with Crippen molar-refractivity contribution in [2.24, 2.45) is 0 Å². The molecule has 2 heterocycles. The lowest BCUT2D eigenvalue weighted by atomic mass is 10.1. The molecule has 0 atom stereocenters. The van der Waals surface area contributed by atoms with Crippen molar-refractivity contribution in [1.82, 2.24) is 19.6 Å². The van der Waals surface area contributed by atoms with E-state index in [1.54, 1.807) is 6.92 Å². The number of sulfonamides is 1. The van der Waals surface area contributed by atoms with Gasteiger partial charge in [-0.15, -0.1) is 16.7 Å². The highest BCUT2D eigenvalue weighted by atomic mass is 35.5. The molecule has 0 radical (unpaired) electrons. The minimum Gasteiger partial charge on any atom is -0.465 e. The number of hydrogen-bond acceptors (Lipinski definition) is 9. The number of alkyl halides is 1. The van der Waals surface area contributed by atoms with Gasteiger partial charge in [-0.25, -0.2) is 4.79 Å². The van der Waals surface area contributed by atoms with Crippen molar-refractivity contribution < 1.29 is 31.9 Å². The number of amides is 1. The summed E-state index contributed by atoms with van der Waals surface area (Å²) < 4.78 is 51.5. The van der Waals surface area contributed by atoms with E-state index in [0.29, 0.717) is 0 Å². The summed E-state index contributed by atoms with van der Waals surface area (Å²) in [5.74, 6) is -3.90. The van der Waals surface area contributed by atoms with E-state index in [2.05, 4.69) is 19.8 Å². The molecule has 0 fully saturated rings. The van der Waals surface area contributed by atoms with E-state index < -0.39 is 44.6 Å². The van der Waals surface area contributed by atoms with E-state index in [9.17, 15) is 22.4 Å². The zero-order valence-electron chi connectivity index (χ0n) is 16.5. The molecule has 0 saturated heterocycles. The predicted octanol–water partition coefficient (Wildman–Crippen LogP) is 2.06. The van der Waals surface area contributed by atoms with Crippen molar-refractivity contribution in [1.29, 1.82) is 0 Å². The molecule has 0 aliphatic heterocycles. The molecule has 1 aromatic carbocycles. The summed E-state index contributed by atoms with van der Waals surface area (Å²) in [6.07, 6.45) is 0. The second kappa shape index (κ2) is 9.22. The normalized spacial score (nSPS) is 11.4. The number of nitrogens with zero attached hydrogens (tertiary/aromatic N) is 5. The number of aromatic nitrogens is 4. The highest BCUT2D eigenvalue weighted by Crippen LogP contribution is 2.34. The molecule has 0 bridgehead atoms. The van der Waals surface area contributed by atoms with Gasteiger partial charge in [-0.1, -0.05) is 17.7 Å². The predicted molar refractivity (Wildman–Crippen MR) is 110 cm³/mol. The van der Waals surface area contributed by atoms with Gasteiger partial charge in [0, 0.05) is 6.07 Å². The minimum absolute atomic E-state index is 0.0759. The number of rotatable bonds is 7. The fraction of sp³-hybridized carbons (Fsp3) is 0.235. The number of benzene rings is 1. The van der Waals surface area contributed by atoms with Gasteiger partial charge in [-0.3, -0.25) is 4.79 Å². The molecule has 3 aromatic rings. The summed E-state index contributed by atoms with van der Waals surface area (Å²) in [6.45, 7) is 1.67. The third-order valence-electron chi connectivity index (χ3n) is 3.93. The van der Waals surface area contributed by atoms with E-state index >= 15 is 0 Å². The number of esters is 1. The van der Waals surface area contributed by atoms with Crippen LogP contribution in [0, 0.1) is 5.95 Å². The van der Waals surface area contributed by atoms with Crippen molar-refractivity contribution >= 4 is 56.4 Å². The molecular formula is C17H14Cl2FN5O6S. The molecule has 0 saturated carbocycles. The first-order valence-corrected chi connectivity index (χ1v) is 11.1. The maximum atomic E-state index is 13.8. The molecule has 0 aliphatic rings. The van der Waals surface area contributed by atoms with Crippen LogP contribution in [0.3, 0.4) is 0 Å². The number of halogens is 3. The molecular weight excluding hydrogens is 492 g/mol. The Morgan fingerprint density at radius 3 is 2.62 bits per heavy atom. The Morgan fingerprint density at radius 1 is 1.28 bits per heavy atom. The Morgan fingerprint density at radius 2 is 2.00 bits per heavy atom. The lowest BCUT2D eigenvalue weighted by Gasteiger charge is -2.23. The number of carbonyl (C=O) groups excluding carboxylic acids is 2. The smallest absolute Gasteiger partial charge is 0.340 e. The molecule has 1 amide bonds. The first-order valence-electron chi connectivity index (χ1n) is 8.72. The van der Waals surface area contributed by atoms with Gasteiger partial charge in [0.1, 0.15) is 5.88 Å². The lowest BCUT2D eigenvalue weighted by molar-refractivity contribution is -0.115. The van der Waals surface area contributed by atoms with Gasteiger partial charge < -0.3 is 9.47 Å². The number of carbonyl (C=O) groups is 2. The molecule has 0 N–H and O–H groups in total. The first-order chi connectivity index (χ1) is 15.1. The zero-order chi connectivity index (χ0) is 23.6. The van der Waals surface area contributed by atoms with Crippen LogP contribution in [0.1, 0.15) is 17.3 Å². The van der Waals surface area contributed by atoms with Crippen molar-refractivity contribution in [2.75, 3.05) is 23.9 Å². The standard InChI is InChI=1S/C17H14Cl2FN5O6S/c1-3-31-17-21-11(20)7-12-22-16(23-24(12)17)32(28,29)25(13(26)8-18)14-9(15(27)30-2)5-4-6-10(14)19/h4-7H,3,8H2,1-2H3. The summed E-state index contributed by atoms with van der Waals surface area (Å²) in [4.78, 5) is 32.1. The fourth-order valence-corrected chi connectivity index (χ4v) is 4.49. The van der Waals surface area contributed by atoms with Crippen LogP contribution in [0.25, 0.3) is 5.65 Å². The van der Waals surface area contributed by atoms with Crippen LogP contribution in [0.5, 0.6) is 6.01 Å². The van der Waals surface area contributed by atoms with Crippen LogP contribution < -0.4 is 9.04 Å². The van der Waals surface area contributed by atoms with Crippen LogP contribution >= 0.6 is 23.2 Å². The average molecular weight is 506 g/mol. The van der Waals surface area contributed by atoms with Crippen molar-refractivity contribution in [3.8, 4) is 6.01 Å². The van der Waals surface area contributed by atoms with Crippen LogP contribution in [0.4, 0.5) is 10.1 Å². The minimum atomic E-state index is -4.90. The summed E-state index contributed by atoms with van der Waals surface area (Å²) in [5, 5.41) is 2.62. The van der Waals surface area contributed by atoms with Crippen LogP contribution in [0.2, 0.25) is 5.02 Å². The SMILES string of the molecule is CCOc1nc(F)cc2nc(S(=O)(=O)N(C(=O)CCl)c3c(Cl)cccc3C(=O)OC)nn12. The largest absolute Gasteiger partial charge is 0.465 e. The maximum absolute atomic E-state index is 13.8. The van der Waals surface area contributed by atoms with Gasteiger partial charge in [0.25, 0.3) is 11.1 Å². The number of hydrogen-bond donors (Lipinski definition) is 0. The second-order valence-corrected chi connectivity index (χ2v) is 8.24. The molecule has 0 unspecified atom stereocenters. The Balaban J connectivity index is 2.28. The monoisotopic (exact) mass is 505 g/mol. The van der Waals surface area contributed by atoms with Crippen LogP contribution in [0.15, 0.2) is 29.4 Å². The summed E-state index contributed by atoms with van der Waals surface area (Å²) >= 11 is 11.8. The van der Waals surface area contributed by atoms with Gasteiger partial charge in [0.15, 0.2) is 5.65 Å². The molecule has 3 rings (SSSR count). The van der Waals surface area contributed by atoms with Crippen molar-refractivity contribution in [3.05, 3.63) is 40.8 Å². The molecule has 170 valence electrons. The number of fused-ring (bicyclic) bond motifs is 1.